The standard InChI is InChI=1S/C19H16BrFN4O/c1-13(14-2-6-17(7-3-14)25-12-22-11-23-25)24-19(26)9-4-15-10-16(20)5-8-18(15)21/h2-13H,1H3,(H,24,26)/b9-4+. The van der Waals surface area contributed by atoms with Crippen LogP contribution in [0.2, 0.25) is 0 Å². The summed E-state index contributed by atoms with van der Waals surface area (Å²) in [6.07, 6.45) is 5.87. The second-order valence-electron chi connectivity index (χ2n) is 5.66. The number of hydrogen-bond acceptors (Lipinski definition) is 3. The first-order chi connectivity index (χ1) is 12.5. The average Bonchev–Trinajstić information content (AvgIpc) is 3.17. The van der Waals surface area contributed by atoms with Crippen molar-refractivity contribution < 1.29 is 9.18 Å². The number of nitrogens with zero attached hydrogens (tertiary/aromatic N) is 3. The molecule has 0 saturated heterocycles. The van der Waals surface area contributed by atoms with E-state index in [4.69, 9.17) is 0 Å². The third kappa shape index (κ3) is 4.43. The summed E-state index contributed by atoms with van der Waals surface area (Å²) in [6.45, 7) is 1.88. The van der Waals surface area contributed by atoms with Gasteiger partial charge in [0.2, 0.25) is 5.91 Å². The largest absolute Gasteiger partial charge is 0.346 e. The zero-order chi connectivity index (χ0) is 18.5. The maximum absolute atomic E-state index is 13.7. The molecule has 3 aromatic rings. The molecule has 0 spiro atoms. The van der Waals surface area contributed by atoms with Gasteiger partial charge in [0.15, 0.2) is 0 Å². The highest BCUT2D eigenvalue weighted by Gasteiger charge is 2.08. The van der Waals surface area contributed by atoms with Crippen LogP contribution in [0.15, 0.2) is 65.7 Å². The molecule has 26 heavy (non-hydrogen) atoms. The van der Waals surface area contributed by atoms with E-state index < -0.39 is 0 Å². The smallest absolute Gasteiger partial charge is 0.244 e. The van der Waals surface area contributed by atoms with Crippen LogP contribution in [0.4, 0.5) is 4.39 Å². The number of halogens is 2. The van der Waals surface area contributed by atoms with Gasteiger partial charge in [0.25, 0.3) is 0 Å². The molecule has 5 nitrogen and oxygen atoms in total. The third-order valence-corrected chi connectivity index (χ3v) is 4.30. The number of hydrogen-bond donors (Lipinski definition) is 1. The maximum atomic E-state index is 13.7. The lowest BCUT2D eigenvalue weighted by Gasteiger charge is -2.13. The summed E-state index contributed by atoms with van der Waals surface area (Å²) in [5.41, 5.74) is 2.18. The van der Waals surface area contributed by atoms with E-state index in [1.807, 2.05) is 31.2 Å². The first-order valence-electron chi connectivity index (χ1n) is 7.91. The highest BCUT2D eigenvalue weighted by Crippen LogP contribution is 2.17. The number of aromatic nitrogens is 3. The van der Waals surface area contributed by atoms with Crippen molar-refractivity contribution in [3.05, 3.63) is 82.6 Å². The molecule has 1 N–H and O–H groups in total. The zero-order valence-corrected chi connectivity index (χ0v) is 15.5. The van der Waals surface area contributed by atoms with Crippen molar-refractivity contribution in [2.45, 2.75) is 13.0 Å². The van der Waals surface area contributed by atoms with Crippen LogP contribution in [0.25, 0.3) is 11.8 Å². The van der Waals surface area contributed by atoms with E-state index in [-0.39, 0.29) is 17.8 Å². The molecule has 1 unspecified atom stereocenters. The van der Waals surface area contributed by atoms with Crippen molar-refractivity contribution in [2.75, 3.05) is 0 Å². The van der Waals surface area contributed by atoms with E-state index >= 15 is 0 Å². The molecule has 0 aliphatic rings. The number of benzene rings is 2. The summed E-state index contributed by atoms with van der Waals surface area (Å²) < 4.78 is 16.1. The summed E-state index contributed by atoms with van der Waals surface area (Å²) in [7, 11) is 0. The Morgan fingerprint density at radius 2 is 2.04 bits per heavy atom. The summed E-state index contributed by atoms with van der Waals surface area (Å²) in [4.78, 5) is 16.0. The van der Waals surface area contributed by atoms with Crippen LogP contribution in [0.3, 0.4) is 0 Å². The Bertz CT molecular complexity index is 923. The molecule has 7 heteroatoms. The van der Waals surface area contributed by atoms with Crippen molar-refractivity contribution in [1.82, 2.24) is 20.1 Å². The average molecular weight is 415 g/mol. The summed E-state index contributed by atoms with van der Waals surface area (Å²) in [5.74, 6) is -0.675. The minimum atomic E-state index is -0.381. The number of rotatable bonds is 5. The third-order valence-electron chi connectivity index (χ3n) is 3.81. The fourth-order valence-corrected chi connectivity index (χ4v) is 2.79. The van der Waals surface area contributed by atoms with Gasteiger partial charge in [0.05, 0.1) is 11.7 Å². The van der Waals surface area contributed by atoms with Crippen molar-refractivity contribution in [3.63, 3.8) is 0 Å². The van der Waals surface area contributed by atoms with Crippen LogP contribution < -0.4 is 5.32 Å². The van der Waals surface area contributed by atoms with Crippen LogP contribution in [0.1, 0.15) is 24.1 Å². The van der Waals surface area contributed by atoms with Gasteiger partial charge in [0, 0.05) is 16.1 Å². The molecule has 0 bridgehead atoms. The molecule has 1 atom stereocenters. The van der Waals surface area contributed by atoms with Crippen molar-refractivity contribution in [3.8, 4) is 5.69 Å². The van der Waals surface area contributed by atoms with Gasteiger partial charge in [-0.3, -0.25) is 4.79 Å². The molecule has 0 radical (unpaired) electrons. The molecule has 0 saturated carbocycles. The fraction of sp³-hybridized carbons (Fsp3) is 0.105. The second-order valence-corrected chi connectivity index (χ2v) is 6.58. The van der Waals surface area contributed by atoms with Gasteiger partial charge in [-0.15, -0.1) is 0 Å². The molecule has 0 fully saturated rings. The molecular weight excluding hydrogens is 399 g/mol. The molecule has 3 rings (SSSR count). The van der Waals surface area contributed by atoms with E-state index in [1.165, 1.54) is 24.5 Å². The lowest BCUT2D eigenvalue weighted by Crippen LogP contribution is -2.24. The predicted molar refractivity (Wildman–Crippen MR) is 101 cm³/mol. The van der Waals surface area contributed by atoms with E-state index in [1.54, 1.807) is 23.1 Å². The van der Waals surface area contributed by atoms with E-state index in [2.05, 4.69) is 31.3 Å². The molecule has 1 amide bonds. The summed E-state index contributed by atoms with van der Waals surface area (Å²) >= 11 is 3.28. The quantitative estimate of drug-likeness (QED) is 0.640. The van der Waals surface area contributed by atoms with Gasteiger partial charge in [-0.2, -0.15) is 5.10 Å². The number of amides is 1. The lowest BCUT2D eigenvalue weighted by molar-refractivity contribution is -0.117. The first-order valence-corrected chi connectivity index (χ1v) is 8.71. The SMILES string of the molecule is CC(NC(=O)/C=C/c1cc(Br)ccc1F)c1ccc(-n2cncn2)cc1. The number of nitrogens with one attached hydrogen (secondary N) is 1. The van der Waals surface area contributed by atoms with Crippen molar-refractivity contribution in [2.24, 2.45) is 0 Å². The maximum Gasteiger partial charge on any atom is 0.244 e. The van der Waals surface area contributed by atoms with E-state index in [0.29, 0.717) is 5.56 Å². The predicted octanol–water partition coefficient (Wildman–Crippen LogP) is 4.06. The number of carbonyl (C=O) groups excluding carboxylic acids is 1. The van der Waals surface area contributed by atoms with Crippen LogP contribution in [-0.2, 0) is 4.79 Å². The zero-order valence-electron chi connectivity index (χ0n) is 13.9. The van der Waals surface area contributed by atoms with Crippen LogP contribution >= 0.6 is 15.9 Å². The van der Waals surface area contributed by atoms with Gasteiger partial charge < -0.3 is 5.32 Å². The second kappa shape index (κ2) is 8.05. The Labute approximate surface area is 158 Å². The lowest BCUT2D eigenvalue weighted by atomic mass is 10.1. The van der Waals surface area contributed by atoms with Gasteiger partial charge in [-0.05, 0) is 48.9 Å². The molecule has 0 aliphatic carbocycles. The summed E-state index contributed by atoms with van der Waals surface area (Å²) in [5, 5.41) is 6.93. The molecule has 2 aromatic carbocycles. The Kier molecular flexibility index (Phi) is 5.58. The highest BCUT2D eigenvalue weighted by molar-refractivity contribution is 9.10. The molecular formula is C19H16BrFN4O. The first kappa shape index (κ1) is 18.0. The monoisotopic (exact) mass is 414 g/mol. The van der Waals surface area contributed by atoms with E-state index in [0.717, 1.165) is 15.7 Å². The molecule has 0 aliphatic heterocycles. The normalized spacial score (nSPS) is 12.3. The topological polar surface area (TPSA) is 59.8 Å². The summed E-state index contributed by atoms with van der Waals surface area (Å²) in [6, 6.07) is 12.0. The fourth-order valence-electron chi connectivity index (χ4n) is 2.41. The molecule has 1 aromatic heterocycles. The number of carbonyl (C=O) groups is 1. The van der Waals surface area contributed by atoms with Gasteiger partial charge >= 0.3 is 0 Å². The Morgan fingerprint density at radius 1 is 1.27 bits per heavy atom. The highest BCUT2D eigenvalue weighted by atomic mass is 79.9. The Balaban J connectivity index is 1.63. The van der Waals surface area contributed by atoms with Crippen LogP contribution in [0.5, 0.6) is 0 Å². The van der Waals surface area contributed by atoms with Gasteiger partial charge in [0.1, 0.15) is 18.5 Å². The minimum Gasteiger partial charge on any atom is -0.346 e. The van der Waals surface area contributed by atoms with E-state index in [9.17, 15) is 9.18 Å². The Morgan fingerprint density at radius 3 is 2.73 bits per heavy atom. The van der Waals surface area contributed by atoms with Crippen molar-refractivity contribution >= 4 is 27.9 Å². The van der Waals surface area contributed by atoms with Crippen LogP contribution in [0, 0.1) is 5.82 Å². The van der Waals surface area contributed by atoms with Crippen molar-refractivity contribution in [1.29, 1.82) is 0 Å². The molecule has 1 heterocycles. The Hall–Kier alpha value is -2.80. The van der Waals surface area contributed by atoms with Gasteiger partial charge in [-0.25, -0.2) is 14.1 Å². The van der Waals surface area contributed by atoms with Gasteiger partial charge in [-0.1, -0.05) is 28.1 Å². The minimum absolute atomic E-state index is 0.190. The molecule has 132 valence electrons. The van der Waals surface area contributed by atoms with Crippen LogP contribution in [-0.4, -0.2) is 20.7 Å².